The number of hydrogen-bond acceptors (Lipinski definition) is 6. The first-order valence-corrected chi connectivity index (χ1v) is 13.7. The average molecular weight is 550 g/mol. The van der Waals surface area contributed by atoms with Gasteiger partial charge in [-0.2, -0.15) is 0 Å². The van der Waals surface area contributed by atoms with E-state index in [0.717, 1.165) is 34.7 Å². The molecule has 1 amide bonds. The van der Waals surface area contributed by atoms with Gasteiger partial charge in [0.1, 0.15) is 0 Å². The number of nitrogens with zero attached hydrogens (tertiary/aromatic N) is 2. The third-order valence-corrected chi connectivity index (χ3v) is 7.54. The fourth-order valence-electron chi connectivity index (χ4n) is 5.43. The molecule has 1 fully saturated rings. The Balaban J connectivity index is 1.43. The first-order valence-electron chi connectivity index (χ1n) is 13.7. The summed E-state index contributed by atoms with van der Waals surface area (Å²) in [6.45, 7) is 1.16. The lowest BCUT2D eigenvalue weighted by molar-refractivity contribution is 0.0508. The maximum Gasteiger partial charge on any atom is 0.255 e. The van der Waals surface area contributed by atoms with Crippen molar-refractivity contribution < 1.29 is 19.0 Å². The van der Waals surface area contributed by atoms with E-state index < -0.39 is 0 Å². The van der Waals surface area contributed by atoms with Gasteiger partial charge in [0.25, 0.3) is 11.5 Å². The van der Waals surface area contributed by atoms with E-state index >= 15 is 0 Å². The average Bonchev–Trinajstić information content (AvgIpc) is 3.53. The zero-order valence-electron chi connectivity index (χ0n) is 23.1. The zero-order valence-corrected chi connectivity index (χ0v) is 23.1. The molecule has 1 aliphatic heterocycles. The van der Waals surface area contributed by atoms with Gasteiger partial charge in [-0.05, 0) is 37.1 Å². The van der Waals surface area contributed by atoms with Gasteiger partial charge in [-0.15, -0.1) is 0 Å². The molecule has 0 spiro atoms. The van der Waals surface area contributed by atoms with Crippen LogP contribution in [-0.2, 0) is 11.3 Å². The molecule has 1 N–H and O–H groups in total. The molecule has 0 saturated carbocycles. The zero-order chi connectivity index (χ0) is 28.3. The minimum absolute atomic E-state index is 0.0930. The fraction of sp³-hybridized carbons (Fsp3) is 0.242. The summed E-state index contributed by atoms with van der Waals surface area (Å²) in [5, 5.41) is 1.54. The van der Waals surface area contributed by atoms with Crippen LogP contribution in [0, 0.1) is 0 Å². The van der Waals surface area contributed by atoms with E-state index in [2.05, 4.69) is 4.98 Å². The van der Waals surface area contributed by atoms with Crippen LogP contribution >= 0.6 is 0 Å². The molecule has 0 aliphatic carbocycles. The number of pyridine rings is 2. The second kappa shape index (κ2) is 11.4. The van der Waals surface area contributed by atoms with Gasteiger partial charge in [0.15, 0.2) is 11.5 Å². The SMILES string of the molecule is COc1cc2cc(CN(CC3CCCO3)C(=O)c3cc(-c4ccccc4)nc4ccccc34)c(=O)[nH]c2cc1OC. The quantitative estimate of drug-likeness (QED) is 0.272. The number of hydrogen-bond donors (Lipinski definition) is 1. The highest BCUT2D eigenvalue weighted by molar-refractivity contribution is 6.07. The second-order valence-electron chi connectivity index (χ2n) is 10.2. The Bertz CT molecular complexity index is 1780. The third kappa shape index (κ3) is 5.38. The van der Waals surface area contributed by atoms with Crippen molar-refractivity contribution in [2.75, 3.05) is 27.4 Å². The highest BCUT2D eigenvalue weighted by atomic mass is 16.5. The summed E-state index contributed by atoms with van der Waals surface area (Å²) in [6, 6.07) is 24.7. The Kier molecular flexibility index (Phi) is 7.39. The monoisotopic (exact) mass is 549 g/mol. The van der Waals surface area contributed by atoms with E-state index in [-0.39, 0.29) is 24.1 Å². The lowest BCUT2D eigenvalue weighted by Crippen LogP contribution is -2.38. The molecule has 0 radical (unpaired) electrons. The number of benzene rings is 3. The van der Waals surface area contributed by atoms with E-state index in [0.29, 0.717) is 47.0 Å². The summed E-state index contributed by atoms with van der Waals surface area (Å²) in [6.07, 6.45) is 1.71. The Labute approximate surface area is 237 Å². The van der Waals surface area contributed by atoms with Crippen LogP contribution in [0.25, 0.3) is 33.1 Å². The summed E-state index contributed by atoms with van der Waals surface area (Å²) in [4.78, 5) is 37.2. The van der Waals surface area contributed by atoms with Gasteiger partial charge < -0.3 is 24.1 Å². The van der Waals surface area contributed by atoms with E-state index in [1.165, 1.54) is 0 Å². The number of aromatic amines is 1. The highest BCUT2D eigenvalue weighted by Crippen LogP contribution is 2.32. The Morgan fingerprint density at radius 1 is 1.00 bits per heavy atom. The predicted molar refractivity (Wildman–Crippen MR) is 159 cm³/mol. The Morgan fingerprint density at radius 3 is 2.51 bits per heavy atom. The predicted octanol–water partition coefficient (Wildman–Crippen LogP) is 5.58. The first-order chi connectivity index (χ1) is 20.0. The van der Waals surface area contributed by atoms with Gasteiger partial charge in [0.2, 0.25) is 0 Å². The van der Waals surface area contributed by atoms with Gasteiger partial charge in [-0.3, -0.25) is 9.59 Å². The minimum Gasteiger partial charge on any atom is -0.493 e. The number of ether oxygens (including phenoxy) is 3. The number of fused-ring (bicyclic) bond motifs is 2. The van der Waals surface area contributed by atoms with E-state index in [9.17, 15) is 9.59 Å². The van der Waals surface area contributed by atoms with Crippen molar-refractivity contribution in [2.24, 2.45) is 0 Å². The molecule has 3 aromatic carbocycles. The Morgan fingerprint density at radius 2 is 1.76 bits per heavy atom. The normalized spacial score (nSPS) is 14.8. The maximum absolute atomic E-state index is 14.4. The molecule has 5 aromatic rings. The molecule has 1 unspecified atom stereocenters. The number of amides is 1. The minimum atomic E-state index is -0.264. The molecule has 6 rings (SSSR count). The van der Waals surface area contributed by atoms with Crippen molar-refractivity contribution >= 4 is 27.7 Å². The van der Waals surface area contributed by atoms with E-state index in [4.69, 9.17) is 19.2 Å². The summed E-state index contributed by atoms with van der Waals surface area (Å²) in [7, 11) is 3.12. The molecule has 208 valence electrons. The van der Waals surface area contributed by atoms with Crippen LogP contribution in [0.5, 0.6) is 11.5 Å². The summed E-state index contributed by atoms with van der Waals surface area (Å²) < 4.78 is 16.8. The maximum atomic E-state index is 14.4. The van der Waals surface area contributed by atoms with Gasteiger partial charge in [-0.25, -0.2) is 4.98 Å². The summed E-state index contributed by atoms with van der Waals surface area (Å²) in [5.74, 6) is 0.905. The molecule has 8 heteroatoms. The van der Waals surface area contributed by atoms with Crippen molar-refractivity contribution in [3.63, 3.8) is 0 Å². The number of carbonyl (C=O) groups excluding carboxylic acids is 1. The number of aromatic nitrogens is 2. The molecule has 3 heterocycles. The van der Waals surface area contributed by atoms with Crippen molar-refractivity contribution in [3.05, 3.63) is 100 Å². The largest absolute Gasteiger partial charge is 0.493 e. The molecule has 1 saturated heterocycles. The van der Waals surface area contributed by atoms with Crippen molar-refractivity contribution in [3.8, 4) is 22.8 Å². The van der Waals surface area contributed by atoms with E-state index in [1.807, 2.05) is 72.8 Å². The van der Waals surface area contributed by atoms with Gasteiger partial charge in [0.05, 0.1) is 49.2 Å². The molecule has 0 bridgehead atoms. The molecule has 1 atom stereocenters. The van der Waals surface area contributed by atoms with Crippen LogP contribution in [-0.4, -0.2) is 54.3 Å². The molecule has 8 nitrogen and oxygen atoms in total. The number of H-pyrrole nitrogens is 1. The smallest absolute Gasteiger partial charge is 0.255 e. The molecule has 2 aromatic heterocycles. The van der Waals surface area contributed by atoms with Crippen LogP contribution in [0.2, 0.25) is 0 Å². The van der Waals surface area contributed by atoms with Crippen molar-refractivity contribution in [1.82, 2.24) is 14.9 Å². The molecular weight excluding hydrogens is 518 g/mol. The highest BCUT2D eigenvalue weighted by Gasteiger charge is 2.26. The number of rotatable bonds is 8. The third-order valence-electron chi connectivity index (χ3n) is 7.54. The standard InChI is InChI=1S/C33H31N3O5/c1-39-30-16-22-15-23(32(37)35-29(22)18-31(30)40-2)19-36(20-24-11-8-14-41-24)33(38)26-17-28(21-9-4-3-5-10-21)34-27-13-7-6-12-25(26)27/h3-7,9-10,12-13,15-18,24H,8,11,14,19-20H2,1-2H3,(H,35,37). The van der Waals surface area contributed by atoms with Gasteiger partial charge >= 0.3 is 0 Å². The van der Waals surface area contributed by atoms with Gasteiger partial charge in [0, 0.05) is 41.1 Å². The number of carbonyl (C=O) groups is 1. The topological polar surface area (TPSA) is 93.8 Å². The second-order valence-corrected chi connectivity index (χ2v) is 10.2. The van der Waals surface area contributed by atoms with Gasteiger partial charge in [-0.1, -0.05) is 48.5 Å². The summed E-state index contributed by atoms with van der Waals surface area (Å²) >= 11 is 0. The number of methoxy groups -OCH3 is 2. The van der Waals surface area contributed by atoms with Crippen LogP contribution in [0.3, 0.4) is 0 Å². The van der Waals surface area contributed by atoms with Crippen molar-refractivity contribution in [1.29, 1.82) is 0 Å². The number of nitrogens with one attached hydrogen (secondary N) is 1. The van der Waals surface area contributed by atoms with Crippen LogP contribution in [0.1, 0.15) is 28.8 Å². The number of para-hydroxylation sites is 1. The fourth-order valence-corrected chi connectivity index (χ4v) is 5.43. The van der Waals surface area contributed by atoms with Crippen LogP contribution < -0.4 is 15.0 Å². The van der Waals surface area contributed by atoms with Crippen LogP contribution in [0.15, 0.2) is 83.7 Å². The Hall–Kier alpha value is -4.69. The van der Waals surface area contributed by atoms with Crippen LogP contribution in [0.4, 0.5) is 0 Å². The molecular formula is C33H31N3O5. The van der Waals surface area contributed by atoms with Crippen molar-refractivity contribution in [2.45, 2.75) is 25.5 Å². The first kappa shape index (κ1) is 26.5. The molecule has 1 aliphatic rings. The molecule has 41 heavy (non-hydrogen) atoms. The lowest BCUT2D eigenvalue weighted by Gasteiger charge is -2.26. The lowest BCUT2D eigenvalue weighted by atomic mass is 10.0. The van der Waals surface area contributed by atoms with E-state index in [1.54, 1.807) is 25.2 Å². The summed E-state index contributed by atoms with van der Waals surface area (Å²) in [5.41, 5.74) is 3.75.